The molecule has 0 aliphatic carbocycles. The number of rotatable bonds is 6. The van der Waals surface area contributed by atoms with E-state index in [9.17, 15) is 19.5 Å². The van der Waals surface area contributed by atoms with Crippen molar-refractivity contribution in [3.8, 4) is 0 Å². The predicted molar refractivity (Wildman–Crippen MR) is 130 cm³/mol. The van der Waals surface area contributed by atoms with Crippen LogP contribution in [0, 0.1) is 6.92 Å². The molecule has 7 nitrogen and oxygen atoms in total. The maximum atomic E-state index is 13.2. The van der Waals surface area contributed by atoms with Gasteiger partial charge in [-0.1, -0.05) is 42.0 Å². The minimum absolute atomic E-state index is 0.0314. The van der Waals surface area contributed by atoms with Crippen molar-refractivity contribution in [2.45, 2.75) is 39.5 Å². The second kappa shape index (κ2) is 9.93. The number of esters is 1. The molecule has 1 fully saturated rings. The van der Waals surface area contributed by atoms with E-state index in [4.69, 9.17) is 4.74 Å². The zero-order valence-corrected chi connectivity index (χ0v) is 19.8. The van der Waals surface area contributed by atoms with Crippen LogP contribution < -0.4 is 0 Å². The van der Waals surface area contributed by atoms with Gasteiger partial charge in [-0.15, -0.1) is 0 Å². The number of ether oxygens (including phenoxy) is 1. The molecule has 0 radical (unpaired) electrons. The molecule has 1 unspecified atom stereocenters. The van der Waals surface area contributed by atoms with Crippen LogP contribution in [0.15, 0.2) is 78.6 Å². The lowest BCUT2D eigenvalue weighted by Gasteiger charge is -2.26. The van der Waals surface area contributed by atoms with E-state index in [0.29, 0.717) is 11.1 Å². The number of pyridine rings is 1. The van der Waals surface area contributed by atoms with Gasteiger partial charge in [-0.05, 0) is 56.2 Å². The molecule has 4 rings (SSSR count). The van der Waals surface area contributed by atoms with E-state index < -0.39 is 23.7 Å². The number of aliphatic hydroxyl groups is 1. The molecule has 2 aromatic carbocycles. The smallest absolute Gasteiger partial charge is 0.338 e. The molecule has 0 spiro atoms. The molecule has 178 valence electrons. The molecule has 1 aliphatic heterocycles. The predicted octanol–water partition coefficient (Wildman–Crippen LogP) is 4.58. The van der Waals surface area contributed by atoms with E-state index in [0.717, 1.165) is 16.7 Å². The van der Waals surface area contributed by atoms with Gasteiger partial charge in [0.2, 0.25) is 0 Å². The average molecular weight is 471 g/mol. The topological polar surface area (TPSA) is 96.8 Å². The molecule has 1 saturated heterocycles. The van der Waals surface area contributed by atoms with Crippen molar-refractivity contribution in [1.82, 2.24) is 9.88 Å². The van der Waals surface area contributed by atoms with Gasteiger partial charge in [0.1, 0.15) is 5.76 Å². The number of hydrogen-bond donors (Lipinski definition) is 1. The maximum absolute atomic E-state index is 13.2. The normalized spacial score (nSPS) is 17.1. The Labute approximate surface area is 203 Å². The largest absolute Gasteiger partial charge is 0.507 e. The van der Waals surface area contributed by atoms with Crippen molar-refractivity contribution in [2.24, 2.45) is 0 Å². The zero-order chi connectivity index (χ0) is 25.1. The van der Waals surface area contributed by atoms with E-state index in [-0.39, 0.29) is 24.0 Å². The van der Waals surface area contributed by atoms with Crippen molar-refractivity contribution >= 4 is 23.4 Å². The van der Waals surface area contributed by atoms with Gasteiger partial charge in [0, 0.05) is 24.5 Å². The number of aliphatic hydroxyl groups excluding tert-OH is 1. The summed E-state index contributed by atoms with van der Waals surface area (Å²) in [7, 11) is 0. The fourth-order valence-electron chi connectivity index (χ4n) is 4.12. The number of likely N-dealkylation sites (tertiary alicyclic amines) is 1. The summed E-state index contributed by atoms with van der Waals surface area (Å²) in [6.45, 7) is 5.60. The first-order chi connectivity index (χ1) is 16.8. The third kappa shape index (κ3) is 4.99. The Kier molecular flexibility index (Phi) is 6.78. The van der Waals surface area contributed by atoms with Gasteiger partial charge in [-0.25, -0.2) is 4.79 Å². The molecular weight excluding hydrogens is 444 g/mol. The summed E-state index contributed by atoms with van der Waals surface area (Å²) in [6.07, 6.45) is 2.79. The van der Waals surface area contributed by atoms with Crippen molar-refractivity contribution in [1.29, 1.82) is 0 Å². The van der Waals surface area contributed by atoms with Crippen molar-refractivity contribution in [3.05, 3.63) is 106 Å². The van der Waals surface area contributed by atoms with E-state index in [1.807, 2.05) is 31.2 Å². The summed E-state index contributed by atoms with van der Waals surface area (Å²) in [5, 5.41) is 11.1. The van der Waals surface area contributed by atoms with Gasteiger partial charge < -0.3 is 14.7 Å². The number of carbonyl (C=O) groups is 3. The summed E-state index contributed by atoms with van der Waals surface area (Å²) in [5.74, 6) is -2.12. The molecule has 3 aromatic rings. The summed E-state index contributed by atoms with van der Waals surface area (Å²) in [6, 6.07) is 16.6. The van der Waals surface area contributed by atoms with E-state index in [2.05, 4.69) is 4.98 Å². The van der Waals surface area contributed by atoms with Gasteiger partial charge in [0.25, 0.3) is 11.7 Å². The van der Waals surface area contributed by atoms with Gasteiger partial charge >= 0.3 is 5.97 Å². The standard InChI is InChI=1S/C28H26N2O5/c1-17(2)35-28(34)21-9-7-19(8-10-21)16-30-24(22-6-4-5-18(3)15-22)23(26(32)27(30)33)25(31)20-11-13-29-14-12-20/h4-15,17,24,31H,16H2,1-3H3/b25-23+. The Morgan fingerprint density at radius 2 is 1.71 bits per heavy atom. The third-order valence-corrected chi connectivity index (χ3v) is 5.74. The molecule has 2 heterocycles. The highest BCUT2D eigenvalue weighted by Gasteiger charge is 2.46. The van der Waals surface area contributed by atoms with Crippen LogP contribution >= 0.6 is 0 Å². The summed E-state index contributed by atoms with van der Waals surface area (Å²) in [4.78, 5) is 43.9. The molecule has 7 heteroatoms. The maximum Gasteiger partial charge on any atom is 0.338 e. The van der Waals surface area contributed by atoms with Crippen molar-refractivity contribution < 1.29 is 24.2 Å². The molecule has 1 N–H and O–H groups in total. The van der Waals surface area contributed by atoms with Crippen LogP contribution in [-0.2, 0) is 20.9 Å². The van der Waals surface area contributed by atoms with Crippen molar-refractivity contribution in [3.63, 3.8) is 0 Å². The number of carbonyl (C=O) groups excluding carboxylic acids is 3. The third-order valence-electron chi connectivity index (χ3n) is 5.74. The van der Waals surface area contributed by atoms with Crippen LogP contribution in [0.4, 0.5) is 0 Å². The fraction of sp³-hybridized carbons (Fsp3) is 0.214. The number of ketones is 1. The zero-order valence-electron chi connectivity index (χ0n) is 19.8. The number of benzene rings is 2. The fourth-order valence-corrected chi connectivity index (χ4v) is 4.12. The molecule has 35 heavy (non-hydrogen) atoms. The Hall–Kier alpha value is -4.26. The average Bonchev–Trinajstić information content (AvgIpc) is 3.09. The van der Waals surface area contributed by atoms with E-state index in [1.165, 1.54) is 17.3 Å². The number of aromatic nitrogens is 1. The number of amides is 1. The Morgan fingerprint density at radius 1 is 1.03 bits per heavy atom. The Balaban J connectivity index is 1.73. The lowest BCUT2D eigenvalue weighted by atomic mass is 9.94. The first kappa shape index (κ1) is 23.9. The van der Waals surface area contributed by atoms with Crippen LogP contribution in [0.3, 0.4) is 0 Å². The molecule has 1 aliphatic rings. The number of Topliss-reactive ketones (excluding diaryl/α,β-unsaturated/α-hetero) is 1. The quantitative estimate of drug-likeness (QED) is 0.245. The van der Waals surface area contributed by atoms with Crippen LogP contribution in [0.25, 0.3) is 5.76 Å². The Bertz CT molecular complexity index is 1300. The highest BCUT2D eigenvalue weighted by molar-refractivity contribution is 6.46. The minimum Gasteiger partial charge on any atom is -0.507 e. The van der Waals surface area contributed by atoms with Gasteiger partial charge in [-0.3, -0.25) is 14.6 Å². The van der Waals surface area contributed by atoms with Gasteiger partial charge in [-0.2, -0.15) is 0 Å². The monoisotopic (exact) mass is 470 g/mol. The lowest BCUT2D eigenvalue weighted by Crippen LogP contribution is -2.29. The van der Waals surface area contributed by atoms with Crippen LogP contribution in [0.2, 0.25) is 0 Å². The second-order valence-corrected chi connectivity index (χ2v) is 8.73. The summed E-state index contributed by atoms with van der Waals surface area (Å²) in [5.41, 5.74) is 3.25. The SMILES string of the molecule is Cc1cccc(C2/C(=C(\O)c3ccncc3)C(=O)C(=O)N2Cc2ccc(C(=O)OC(C)C)cc2)c1. The second-order valence-electron chi connectivity index (χ2n) is 8.73. The first-order valence-electron chi connectivity index (χ1n) is 11.3. The van der Waals surface area contributed by atoms with Crippen LogP contribution in [-0.4, -0.2) is 38.8 Å². The minimum atomic E-state index is -0.770. The molecule has 0 saturated carbocycles. The highest BCUT2D eigenvalue weighted by atomic mass is 16.5. The molecule has 1 atom stereocenters. The molecule has 1 aromatic heterocycles. The Morgan fingerprint density at radius 3 is 2.34 bits per heavy atom. The number of nitrogens with zero attached hydrogens (tertiary/aromatic N) is 2. The summed E-state index contributed by atoms with van der Waals surface area (Å²) >= 11 is 0. The van der Waals surface area contributed by atoms with Gasteiger partial charge in [0.15, 0.2) is 0 Å². The van der Waals surface area contributed by atoms with Crippen molar-refractivity contribution in [2.75, 3.05) is 0 Å². The lowest BCUT2D eigenvalue weighted by molar-refractivity contribution is -0.140. The van der Waals surface area contributed by atoms with Crippen LogP contribution in [0.1, 0.15) is 52.5 Å². The van der Waals surface area contributed by atoms with E-state index >= 15 is 0 Å². The van der Waals surface area contributed by atoms with E-state index in [1.54, 1.807) is 50.2 Å². The molecular formula is C28H26N2O5. The molecule has 1 amide bonds. The highest BCUT2D eigenvalue weighted by Crippen LogP contribution is 2.40. The van der Waals surface area contributed by atoms with Gasteiger partial charge in [0.05, 0.1) is 23.3 Å². The first-order valence-corrected chi connectivity index (χ1v) is 11.3. The summed E-state index contributed by atoms with van der Waals surface area (Å²) < 4.78 is 5.22. The number of hydrogen-bond acceptors (Lipinski definition) is 6. The molecule has 0 bridgehead atoms. The number of aryl methyl sites for hydroxylation is 1. The van der Waals surface area contributed by atoms with Crippen LogP contribution in [0.5, 0.6) is 0 Å².